The summed E-state index contributed by atoms with van der Waals surface area (Å²) in [6.45, 7) is 4.16. The highest BCUT2D eigenvalue weighted by Gasteiger charge is 2.18. The molecule has 0 aliphatic carbocycles. The van der Waals surface area contributed by atoms with Crippen molar-refractivity contribution in [1.29, 1.82) is 0 Å². The van der Waals surface area contributed by atoms with E-state index in [1.54, 1.807) is 12.1 Å². The van der Waals surface area contributed by atoms with E-state index in [0.29, 0.717) is 15.9 Å². The van der Waals surface area contributed by atoms with Crippen LogP contribution in [0, 0.1) is 0 Å². The van der Waals surface area contributed by atoms with Crippen LogP contribution in [0.1, 0.15) is 31.7 Å². The third-order valence-corrected chi connectivity index (χ3v) is 5.76. The van der Waals surface area contributed by atoms with Gasteiger partial charge >= 0.3 is 0 Å². The van der Waals surface area contributed by atoms with Crippen molar-refractivity contribution in [3.8, 4) is 5.75 Å². The summed E-state index contributed by atoms with van der Waals surface area (Å²) in [5, 5.41) is 0. The molecule has 0 saturated heterocycles. The molecule has 1 N–H and O–H groups in total. The molecule has 4 nitrogen and oxygen atoms in total. The van der Waals surface area contributed by atoms with Crippen LogP contribution in [0.25, 0.3) is 0 Å². The second-order valence-electron chi connectivity index (χ2n) is 5.30. The van der Waals surface area contributed by atoms with Gasteiger partial charge in [0.1, 0.15) is 5.75 Å². The largest absolute Gasteiger partial charge is 0.496 e. The Bertz CT molecular complexity index is 790. The van der Waals surface area contributed by atoms with Crippen LogP contribution in [-0.2, 0) is 10.0 Å². The number of sulfonamides is 1. The zero-order valence-corrected chi connectivity index (χ0v) is 15.7. The molecule has 0 unspecified atom stereocenters. The van der Waals surface area contributed by atoms with E-state index in [1.165, 1.54) is 19.2 Å². The molecule has 0 saturated carbocycles. The van der Waals surface area contributed by atoms with Gasteiger partial charge in [0.05, 0.1) is 22.2 Å². The smallest absolute Gasteiger partial charge is 0.261 e. The highest BCUT2D eigenvalue weighted by atomic mass is 79.9. The number of ether oxygens (including phenoxy) is 1. The predicted molar refractivity (Wildman–Crippen MR) is 96.7 cm³/mol. The third-order valence-electron chi connectivity index (χ3n) is 3.78. The molecule has 0 fully saturated rings. The molecule has 2 rings (SSSR count). The highest BCUT2D eigenvalue weighted by Crippen LogP contribution is 2.31. The minimum Gasteiger partial charge on any atom is -0.496 e. The normalized spacial score (nSPS) is 12.7. The molecular weight excluding hydrogens is 378 g/mol. The Kier molecular flexibility index (Phi) is 5.70. The van der Waals surface area contributed by atoms with E-state index in [1.807, 2.05) is 18.2 Å². The van der Waals surface area contributed by atoms with Gasteiger partial charge in [-0.2, -0.15) is 0 Å². The van der Waals surface area contributed by atoms with Crippen molar-refractivity contribution in [2.45, 2.75) is 31.1 Å². The second kappa shape index (κ2) is 7.36. The zero-order chi connectivity index (χ0) is 17.0. The van der Waals surface area contributed by atoms with Crippen molar-refractivity contribution in [2.75, 3.05) is 11.8 Å². The molecule has 1 atom stereocenters. The maximum absolute atomic E-state index is 12.6. The van der Waals surface area contributed by atoms with Gasteiger partial charge in [-0.1, -0.05) is 32.0 Å². The van der Waals surface area contributed by atoms with E-state index in [-0.39, 0.29) is 10.8 Å². The van der Waals surface area contributed by atoms with Crippen molar-refractivity contribution in [1.82, 2.24) is 0 Å². The molecule has 0 spiro atoms. The van der Waals surface area contributed by atoms with Crippen molar-refractivity contribution in [3.05, 3.63) is 52.5 Å². The minimum absolute atomic E-state index is 0.184. The standard InChI is InChI=1S/C17H20BrNO3S/c1-4-12(2)14-7-5-6-8-16(14)19-23(20,21)13-9-10-17(22-3)15(18)11-13/h5-12,19H,4H2,1-3H3/t12-/m0/s1. The Balaban J connectivity index is 2.38. The maximum Gasteiger partial charge on any atom is 0.261 e. The first-order valence-electron chi connectivity index (χ1n) is 7.34. The summed E-state index contributed by atoms with van der Waals surface area (Å²) in [7, 11) is -2.12. The summed E-state index contributed by atoms with van der Waals surface area (Å²) < 4.78 is 33.7. The fourth-order valence-corrected chi connectivity index (χ4v) is 4.06. The van der Waals surface area contributed by atoms with Gasteiger partial charge in [-0.3, -0.25) is 4.72 Å². The number of halogens is 1. The van der Waals surface area contributed by atoms with Crippen LogP contribution in [0.2, 0.25) is 0 Å². The van der Waals surface area contributed by atoms with E-state index in [0.717, 1.165) is 12.0 Å². The van der Waals surface area contributed by atoms with Crippen molar-refractivity contribution >= 4 is 31.6 Å². The van der Waals surface area contributed by atoms with Gasteiger partial charge in [0, 0.05) is 0 Å². The summed E-state index contributed by atoms with van der Waals surface area (Å²) in [4.78, 5) is 0.184. The van der Waals surface area contributed by atoms with Gasteiger partial charge in [0.15, 0.2) is 0 Å². The van der Waals surface area contributed by atoms with E-state index in [9.17, 15) is 8.42 Å². The lowest BCUT2D eigenvalue weighted by atomic mass is 9.97. The van der Waals surface area contributed by atoms with E-state index in [2.05, 4.69) is 34.5 Å². The number of anilines is 1. The summed E-state index contributed by atoms with van der Waals surface area (Å²) >= 11 is 3.32. The first-order valence-corrected chi connectivity index (χ1v) is 9.62. The summed E-state index contributed by atoms with van der Waals surface area (Å²) in [6.07, 6.45) is 0.937. The second-order valence-corrected chi connectivity index (χ2v) is 7.84. The molecule has 23 heavy (non-hydrogen) atoms. The molecule has 0 aliphatic rings. The molecular formula is C17H20BrNO3S. The van der Waals surface area contributed by atoms with Crippen LogP contribution < -0.4 is 9.46 Å². The zero-order valence-electron chi connectivity index (χ0n) is 13.3. The topological polar surface area (TPSA) is 55.4 Å². The van der Waals surface area contributed by atoms with Gasteiger partial charge in [0.25, 0.3) is 10.0 Å². The fraction of sp³-hybridized carbons (Fsp3) is 0.294. The molecule has 124 valence electrons. The maximum atomic E-state index is 12.6. The number of benzene rings is 2. The third kappa shape index (κ3) is 4.06. The van der Waals surface area contributed by atoms with Crippen LogP contribution in [0.15, 0.2) is 51.8 Å². The Morgan fingerprint density at radius 1 is 1.22 bits per heavy atom. The average molecular weight is 398 g/mol. The van der Waals surface area contributed by atoms with E-state index >= 15 is 0 Å². The Morgan fingerprint density at radius 2 is 1.91 bits per heavy atom. The monoisotopic (exact) mass is 397 g/mol. The molecule has 0 heterocycles. The molecule has 0 radical (unpaired) electrons. The number of rotatable bonds is 6. The van der Waals surface area contributed by atoms with Crippen LogP contribution in [0.5, 0.6) is 5.75 Å². The van der Waals surface area contributed by atoms with Crippen molar-refractivity contribution in [2.24, 2.45) is 0 Å². The molecule has 2 aromatic rings. The van der Waals surface area contributed by atoms with E-state index in [4.69, 9.17) is 4.74 Å². The van der Waals surface area contributed by atoms with Crippen molar-refractivity contribution < 1.29 is 13.2 Å². The molecule has 6 heteroatoms. The predicted octanol–water partition coefficient (Wildman–Crippen LogP) is 4.77. The van der Waals surface area contributed by atoms with Crippen molar-refractivity contribution in [3.63, 3.8) is 0 Å². The Morgan fingerprint density at radius 3 is 2.52 bits per heavy atom. The first-order chi connectivity index (χ1) is 10.9. The van der Waals surface area contributed by atoms with Crippen LogP contribution >= 0.6 is 15.9 Å². The van der Waals surface area contributed by atoms with Gasteiger partial charge < -0.3 is 4.74 Å². The number of methoxy groups -OCH3 is 1. The number of hydrogen-bond acceptors (Lipinski definition) is 3. The Hall–Kier alpha value is -1.53. The van der Waals surface area contributed by atoms with Crippen LogP contribution in [0.4, 0.5) is 5.69 Å². The van der Waals surface area contributed by atoms with Gasteiger partial charge in [-0.15, -0.1) is 0 Å². The first kappa shape index (κ1) is 17.8. The summed E-state index contributed by atoms with van der Waals surface area (Å²) in [6, 6.07) is 12.2. The quantitative estimate of drug-likeness (QED) is 0.763. The molecule has 0 bridgehead atoms. The molecule has 0 aromatic heterocycles. The van der Waals surface area contributed by atoms with Gasteiger partial charge in [-0.05, 0) is 58.1 Å². The molecule has 2 aromatic carbocycles. The average Bonchev–Trinajstić information content (AvgIpc) is 2.54. The lowest BCUT2D eigenvalue weighted by Crippen LogP contribution is -2.15. The number of hydrogen-bond donors (Lipinski definition) is 1. The number of para-hydroxylation sites is 1. The van der Waals surface area contributed by atoms with Gasteiger partial charge in [0.2, 0.25) is 0 Å². The fourth-order valence-electron chi connectivity index (χ4n) is 2.26. The SMILES string of the molecule is CC[C@H](C)c1ccccc1NS(=O)(=O)c1ccc(OC)c(Br)c1. The van der Waals surface area contributed by atoms with Gasteiger partial charge in [-0.25, -0.2) is 8.42 Å². The highest BCUT2D eigenvalue weighted by molar-refractivity contribution is 9.10. The molecule has 0 aliphatic heterocycles. The lowest BCUT2D eigenvalue weighted by molar-refractivity contribution is 0.411. The number of nitrogens with one attached hydrogen (secondary N) is 1. The molecule has 0 amide bonds. The lowest BCUT2D eigenvalue weighted by Gasteiger charge is -2.17. The van der Waals surface area contributed by atoms with Crippen LogP contribution in [0.3, 0.4) is 0 Å². The summed E-state index contributed by atoms with van der Waals surface area (Å²) in [5.41, 5.74) is 1.61. The summed E-state index contributed by atoms with van der Waals surface area (Å²) in [5.74, 6) is 0.862. The van der Waals surface area contributed by atoms with E-state index < -0.39 is 10.0 Å². The Labute approximate surface area is 146 Å². The van der Waals surface area contributed by atoms with Crippen LogP contribution in [-0.4, -0.2) is 15.5 Å². The minimum atomic E-state index is -3.66.